The fourth-order valence-electron chi connectivity index (χ4n) is 2.70. The molecule has 0 unspecified atom stereocenters. The summed E-state index contributed by atoms with van der Waals surface area (Å²) >= 11 is 0. The van der Waals surface area contributed by atoms with E-state index in [0.29, 0.717) is 6.61 Å². The average Bonchev–Trinajstić information content (AvgIpc) is 2.81. The smallest absolute Gasteiger partial charge is 0.190 e. The predicted molar refractivity (Wildman–Crippen MR) is 59.6 cm³/mol. The van der Waals surface area contributed by atoms with Crippen LogP contribution in [0.5, 0.6) is 0 Å². The van der Waals surface area contributed by atoms with E-state index in [9.17, 15) is 5.11 Å². The molecule has 0 aliphatic carbocycles. The number of aliphatic hydroxyl groups is 1. The van der Waals surface area contributed by atoms with E-state index in [0.717, 1.165) is 0 Å². The maximum atomic E-state index is 10.3. The maximum absolute atomic E-state index is 10.3. The first-order valence-corrected chi connectivity index (χ1v) is 6.28. The lowest BCUT2D eigenvalue weighted by Gasteiger charge is -2.26. The van der Waals surface area contributed by atoms with Gasteiger partial charge in [0.05, 0.1) is 6.61 Å². The Morgan fingerprint density at radius 2 is 1.67 bits per heavy atom. The van der Waals surface area contributed by atoms with Gasteiger partial charge >= 0.3 is 0 Å². The number of hydrogen-bond donors (Lipinski definition) is 1. The minimum absolute atomic E-state index is 0.295. The van der Waals surface area contributed by atoms with Gasteiger partial charge in [-0.1, -0.05) is 0 Å². The number of hydrogen-bond acceptors (Lipinski definition) is 6. The molecule has 3 aliphatic heterocycles. The van der Waals surface area contributed by atoms with E-state index < -0.39 is 36.2 Å². The van der Waals surface area contributed by atoms with E-state index in [-0.39, 0.29) is 6.10 Å². The minimum atomic E-state index is -0.765. The van der Waals surface area contributed by atoms with E-state index in [1.807, 2.05) is 13.8 Å². The third kappa shape index (κ3) is 2.07. The molecule has 3 heterocycles. The Balaban J connectivity index is 1.68. The second-order valence-electron chi connectivity index (χ2n) is 5.93. The molecule has 0 bridgehead atoms. The quantitative estimate of drug-likeness (QED) is 0.735. The van der Waals surface area contributed by atoms with E-state index in [2.05, 4.69) is 0 Å². The largest absolute Gasteiger partial charge is 0.387 e. The summed E-state index contributed by atoms with van der Waals surface area (Å²) in [5.41, 5.74) is 0. The topological polar surface area (TPSA) is 66.4 Å². The molecular weight excluding hydrogens is 240 g/mol. The minimum Gasteiger partial charge on any atom is -0.387 e. The van der Waals surface area contributed by atoms with Gasteiger partial charge in [-0.2, -0.15) is 0 Å². The molecule has 0 radical (unpaired) electrons. The fraction of sp³-hybridized carbons (Fsp3) is 1.00. The van der Waals surface area contributed by atoms with E-state index >= 15 is 0 Å². The van der Waals surface area contributed by atoms with Crippen molar-refractivity contribution in [3.05, 3.63) is 0 Å². The molecule has 0 aromatic heterocycles. The van der Waals surface area contributed by atoms with Gasteiger partial charge < -0.3 is 28.8 Å². The Kier molecular flexibility index (Phi) is 2.75. The van der Waals surface area contributed by atoms with Gasteiger partial charge in [0, 0.05) is 0 Å². The molecule has 6 heteroatoms. The van der Waals surface area contributed by atoms with Gasteiger partial charge in [0.2, 0.25) is 0 Å². The summed E-state index contributed by atoms with van der Waals surface area (Å²) in [6, 6.07) is 0. The van der Waals surface area contributed by atoms with Crippen molar-refractivity contribution in [1.29, 1.82) is 0 Å². The second kappa shape index (κ2) is 3.88. The number of aliphatic hydroxyl groups excluding tert-OH is 1. The zero-order valence-corrected chi connectivity index (χ0v) is 11.1. The van der Waals surface area contributed by atoms with Gasteiger partial charge in [-0.15, -0.1) is 0 Å². The van der Waals surface area contributed by atoms with Crippen molar-refractivity contribution in [2.75, 3.05) is 6.61 Å². The van der Waals surface area contributed by atoms with Crippen molar-refractivity contribution in [3.63, 3.8) is 0 Å². The first kappa shape index (κ1) is 12.8. The van der Waals surface area contributed by atoms with Crippen LogP contribution in [0, 0.1) is 0 Å². The lowest BCUT2D eigenvalue weighted by Crippen LogP contribution is -2.42. The van der Waals surface area contributed by atoms with E-state index in [1.165, 1.54) is 0 Å². The second-order valence-corrected chi connectivity index (χ2v) is 5.93. The molecule has 0 saturated carbocycles. The summed E-state index contributed by atoms with van der Waals surface area (Å²) in [5, 5.41) is 10.3. The number of fused-ring (bicyclic) bond motifs is 1. The predicted octanol–water partition coefficient (Wildman–Crippen LogP) is 0.375. The molecule has 0 spiro atoms. The maximum Gasteiger partial charge on any atom is 0.190 e. The highest BCUT2D eigenvalue weighted by atomic mass is 16.8. The third-order valence-electron chi connectivity index (χ3n) is 3.45. The van der Waals surface area contributed by atoms with Gasteiger partial charge in [-0.05, 0) is 27.7 Å². The molecular formula is C12H20O6. The number of rotatable bonds is 1. The summed E-state index contributed by atoms with van der Waals surface area (Å²) in [6.45, 7) is 7.68. The molecule has 0 amide bonds. The highest BCUT2D eigenvalue weighted by molar-refractivity contribution is 4.97. The summed E-state index contributed by atoms with van der Waals surface area (Å²) < 4.78 is 28.1. The van der Waals surface area contributed by atoms with Gasteiger partial charge in [-0.3, -0.25) is 0 Å². The van der Waals surface area contributed by atoms with Crippen LogP contribution >= 0.6 is 0 Å². The Labute approximate surface area is 106 Å². The first-order valence-electron chi connectivity index (χ1n) is 6.28. The molecule has 0 aromatic rings. The molecule has 104 valence electrons. The Hall–Kier alpha value is -0.240. The zero-order chi connectivity index (χ0) is 13.1. The first-order chi connectivity index (χ1) is 8.27. The summed E-state index contributed by atoms with van der Waals surface area (Å²) in [4.78, 5) is 0. The van der Waals surface area contributed by atoms with Crippen LogP contribution in [0.1, 0.15) is 27.7 Å². The SMILES string of the molecule is CC1(C)O[C@H]2O[C@H]([C@@H]3COC(C)(C)O3)[C@H](O)[C@H]2O1. The zero-order valence-electron chi connectivity index (χ0n) is 11.1. The van der Waals surface area contributed by atoms with Gasteiger partial charge in [0.25, 0.3) is 0 Å². The van der Waals surface area contributed by atoms with Gasteiger partial charge in [0.15, 0.2) is 17.9 Å². The van der Waals surface area contributed by atoms with Gasteiger partial charge in [-0.25, -0.2) is 0 Å². The van der Waals surface area contributed by atoms with Crippen LogP contribution in [-0.2, 0) is 23.7 Å². The highest BCUT2D eigenvalue weighted by Gasteiger charge is 2.57. The molecule has 0 aromatic carbocycles. The molecule has 3 saturated heterocycles. The van der Waals surface area contributed by atoms with E-state index in [1.54, 1.807) is 13.8 Å². The van der Waals surface area contributed by atoms with Crippen LogP contribution in [0.2, 0.25) is 0 Å². The summed E-state index contributed by atoms with van der Waals surface area (Å²) in [5.74, 6) is -1.35. The van der Waals surface area contributed by atoms with Crippen LogP contribution in [-0.4, -0.2) is 54.0 Å². The standard InChI is InChI=1S/C12H20O6/c1-11(2)14-5-6(16-11)8-7(13)9-10(15-8)18-12(3,4)17-9/h6-10,13H,5H2,1-4H3/t6-,7-,8+,9+,10+/m0/s1. The van der Waals surface area contributed by atoms with Crippen molar-refractivity contribution >= 4 is 0 Å². The monoisotopic (exact) mass is 260 g/mol. The van der Waals surface area contributed by atoms with E-state index in [4.69, 9.17) is 23.7 Å². The highest BCUT2D eigenvalue weighted by Crippen LogP contribution is 2.40. The van der Waals surface area contributed by atoms with Crippen LogP contribution in [0.4, 0.5) is 0 Å². The van der Waals surface area contributed by atoms with Crippen LogP contribution < -0.4 is 0 Å². The molecule has 18 heavy (non-hydrogen) atoms. The van der Waals surface area contributed by atoms with Crippen molar-refractivity contribution < 1.29 is 28.8 Å². The summed E-state index contributed by atoms with van der Waals surface area (Å²) in [6.07, 6.45) is -2.53. The Morgan fingerprint density at radius 3 is 2.22 bits per heavy atom. The molecule has 1 N–H and O–H groups in total. The molecule has 5 atom stereocenters. The molecule has 6 nitrogen and oxygen atoms in total. The Bertz CT molecular complexity index is 341. The Morgan fingerprint density at radius 1 is 0.944 bits per heavy atom. The third-order valence-corrected chi connectivity index (χ3v) is 3.45. The van der Waals surface area contributed by atoms with Crippen molar-refractivity contribution in [2.45, 2.75) is 70.0 Å². The molecule has 3 aliphatic rings. The van der Waals surface area contributed by atoms with Gasteiger partial charge in [0.1, 0.15) is 24.4 Å². The van der Waals surface area contributed by atoms with Crippen molar-refractivity contribution in [2.24, 2.45) is 0 Å². The fourth-order valence-corrected chi connectivity index (χ4v) is 2.70. The summed E-state index contributed by atoms with van der Waals surface area (Å²) in [7, 11) is 0. The van der Waals surface area contributed by atoms with Crippen LogP contribution in [0.3, 0.4) is 0 Å². The lowest BCUT2D eigenvalue weighted by atomic mass is 10.1. The van der Waals surface area contributed by atoms with Crippen LogP contribution in [0.25, 0.3) is 0 Å². The van der Waals surface area contributed by atoms with Crippen molar-refractivity contribution in [1.82, 2.24) is 0 Å². The molecule has 3 rings (SSSR count). The average molecular weight is 260 g/mol. The molecule has 3 fully saturated rings. The number of ether oxygens (including phenoxy) is 5. The van der Waals surface area contributed by atoms with Crippen molar-refractivity contribution in [3.8, 4) is 0 Å². The normalized spacial score (nSPS) is 49.5. The lowest BCUT2D eigenvalue weighted by molar-refractivity contribution is -0.232. The van der Waals surface area contributed by atoms with Crippen LogP contribution in [0.15, 0.2) is 0 Å².